The zero-order valence-electron chi connectivity index (χ0n) is 26.3. The molecule has 0 saturated heterocycles. The van der Waals surface area contributed by atoms with Gasteiger partial charge < -0.3 is 24.5 Å². The fourth-order valence-corrected chi connectivity index (χ4v) is 12.2. The van der Waals surface area contributed by atoms with Crippen LogP contribution in [-0.2, 0) is 43.7 Å². The number of carbonyl (C=O) groups excluding carboxylic acids is 2. The summed E-state index contributed by atoms with van der Waals surface area (Å²) in [5.41, 5.74) is 8.76. The van der Waals surface area contributed by atoms with E-state index in [-0.39, 0.29) is 30.7 Å². The lowest BCUT2D eigenvalue weighted by Gasteiger charge is -2.36. The maximum Gasteiger partial charge on any atom is 0.321 e. The zero-order chi connectivity index (χ0) is 32.0. The van der Waals surface area contributed by atoms with Gasteiger partial charge in [0.1, 0.15) is 5.75 Å². The maximum absolute atomic E-state index is 13.9. The minimum absolute atomic E-state index is 0.124. The zero-order valence-corrected chi connectivity index (χ0v) is 29.3. The van der Waals surface area contributed by atoms with E-state index in [1.54, 1.807) is 11.5 Å². The molecule has 44 heavy (non-hydrogen) atoms. The van der Waals surface area contributed by atoms with Crippen LogP contribution in [0, 0.1) is 0 Å². The fraction of sp³-hybridized carbons (Fsp3) is 0.484. The Bertz CT molecular complexity index is 1690. The summed E-state index contributed by atoms with van der Waals surface area (Å²) in [6.45, 7) is 8.74. The Morgan fingerprint density at radius 3 is 2.64 bits per heavy atom. The first-order valence-corrected chi connectivity index (χ1v) is 20.5. The predicted octanol–water partition coefficient (Wildman–Crippen LogP) is 5.21. The van der Waals surface area contributed by atoms with Gasteiger partial charge in [-0.05, 0) is 57.6 Å². The number of ether oxygens (including phenoxy) is 1. The molecule has 0 fully saturated rings. The summed E-state index contributed by atoms with van der Waals surface area (Å²) in [5, 5.41) is 0.955. The molecule has 5 rings (SSSR count). The van der Waals surface area contributed by atoms with Crippen molar-refractivity contribution < 1.29 is 23.2 Å². The third-order valence-corrected chi connectivity index (χ3v) is 14.1. The summed E-state index contributed by atoms with van der Waals surface area (Å²) in [6, 6.07) is 7.81. The Hall–Kier alpha value is -2.31. The number of nitrogens with zero attached hydrogens (tertiary/aromatic N) is 3. The van der Waals surface area contributed by atoms with E-state index in [1.165, 1.54) is 0 Å². The number of aromatic nitrogens is 2. The molecule has 1 aliphatic heterocycles. The number of benzene rings is 1. The van der Waals surface area contributed by atoms with Gasteiger partial charge in [-0.25, -0.2) is 4.98 Å². The van der Waals surface area contributed by atoms with E-state index in [4.69, 9.17) is 24.3 Å². The second-order valence-electron chi connectivity index (χ2n) is 11.9. The lowest BCUT2D eigenvalue weighted by molar-refractivity contribution is -0.169. The molecule has 0 spiro atoms. The fourth-order valence-electron chi connectivity index (χ4n) is 6.35. The first-order chi connectivity index (χ1) is 20.8. The van der Waals surface area contributed by atoms with Crippen LogP contribution in [0.15, 0.2) is 29.1 Å². The van der Waals surface area contributed by atoms with Crippen LogP contribution in [0.5, 0.6) is 5.75 Å². The molecule has 0 amide bonds. The van der Waals surface area contributed by atoms with Crippen molar-refractivity contribution in [1.29, 1.82) is 0 Å². The SMILES string of the molecule is CCC[P+](C)(P)OP(C)Oc1ccc2nc3c(cc2c1CN(C)C)Cn1c-3cc2c(c1=O)CCC(=O)C2(CC)OC(=O)CN. The smallest absolute Gasteiger partial charge is 0.321 e. The largest absolute Gasteiger partial charge is 0.445 e. The number of pyridine rings is 2. The molecule has 13 heteroatoms. The van der Waals surface area contributed by atoms with Crippen LogP contribution in [0.1, 0.15) is 55.4 Å². The Labute approximate surface area is 262 Å². The van der Waals surface area contributed by atoms with Gasteiger partial charge in [-0.15, -0.1) is 0 Å². The molecule has 1 aromatic carbocycles. The van der Waals surface area contributed by atoms with Crippen LogP contribution in [0.4, 0.5) is 0 Å². The van der Waals surface area contributed by atoms with Crippen LogP contribution in [-0.4, -0.2) is 66.3 Å². The standard InChI is InChI=1S/C31H42N4O6P3/c1-7-13-44(6,42)41-43(5)40-26-11-10-24-21(22(26)18-34(3)4)14-19-17-35-25(29(19)33-24)15-23-20(30(35)38)9-12-27(36)31(23,8-2)39-28(37)16-32/h10-11,14-15H,7-9,12-13,16-18,32,42H2,1-6H3/q+1. The van der Waals surface area contributed by atoms with Gasteiger partial charge in [0.15, 0.2) is 18.6 Å². The normalized spacial score (nSPS) is 19.3. The minimum Gasteiger partial charge on any atom is -0.445 e. The van der Waals surface area contributed by atoms with Gasteiger partial charge in [0, 0.05) is 47.3 Å². The third-order valence-electron chi connectivity index (χ3n) is 8.23. The monoisotopic (exact) mass is 659 g/mol. The second kappa shape index (κ2) is 12.8. The lowest BCUT2D eigenvalue weighted by atomic mass is 9.76. The minimum atomic E-state index is -1.60. The van der Waals surface area contributed by atoms with Gasteiger partial charge in [-0.3, -0.25) is 14.4 Å². The molecule has 4 unspecified atom stereocenters. The lowest BCUT2D eigenvalue weighted by Crippen LogP contribution is -2.47. The van der Waals surface area contributed by atoms with Crippen molar-refractivity contribution in [2.45, 2.75) is 58.2 Å². The van der Waals surface area contributed by atoms with E-state index < -0.39 is 27.1 Å². The highest BCUT2D eigenvalue weighted by Gasteiger charge is 2.48. The summed E-state index contributed by atoms with van der Waals surface area (Å²) in [6.07, 6.45) is 2.70. The number of esters is 1. The Balaban J connectivity index is 1.61. The third kappa shape index (κ3) is 6.10. The van der Waals surface area contributed by atoms with E-state index in [2.05, 4.69) is 33.5 Å². The molecule has 236 valence electrons. The Kier molecular flexibility index (Phi) is 9.64. The maximum atomic E-state index is 13.9. The van der Waals surface area contributed by atoms with Crippen molar-refractivity contribution in [2.24, 2.45) is 5.73 Å². The number of Topliss-reactive ketones (excluding diaryl/α,β-unsaturated/α-hetero) is 1. The average Bonchev–Trinajstić information content (AvgIpc) is 3.32. The second-order valence-corrected chi connectivity index (χ2v) is 19.7. The molecule has 0 bridgehead atoms. The quantitative estimate of drug-likeness (QED) is 0.171. The van der Waals surface area contributed by atoms with Crippen molar-refractivity contribution in [3.63, 3.8) is 0 Å². The molecule has 1 aliphatic carbocycles. The van der Waals surface area contributed by atoms with Crippen LogP contribution in [0.2, 0.25) is 0 Å². The molecule has 2 aromatic heterocycles. The van der Waals surface area contributed by atoms with Gasteiger partial charge in [0.25, 0.3) is 13.9 Å². The van der Waals surface area contributed by atoms with E-state index in [0.717, 1.165) is 40.4 Å². The first-order valence-electron chi connectivity index (χ1n) is 14.9. The molecule has 10 nitrogen and oxygen atoms in total. The van der Waals surface area contributed by atoms with Gasteiger partial charge in [-0.1, -0.05) is 13.8 Å². The van der Waals surface area contributed by atoms with Gasteiger partial charge in [0.2, 0.25) is 0 Å². The number of fused-ring (bicyclic) bond motifs is 5. The van der Waals surface area contributed by atoms with Gasteiger partial charge in [0.05, 0.1) is 51.7 Å². The number of hydrogen-bond acceptors (Lipinski definition) is 9. The van der Waals surface area contributed by atoms with E-state index in [9.17, 15) is 14.4 Å². The topological polar surface area (TPSA) is 126 Å². The van der Waals surface area contributed by atoms with Crippen LogP contribution in [0.3, 0.4) is 0 Å². The molecule has 2 N–H and O–H groups in total. The van der Waals surface area contributed by atoms with Gasteiger partial charge >= 0.3 is 5.97 Å². The Morgan fingerprint density at radius 2 is 1.98 bits per heavy atom. The highest BCUT2D eigenvalue weighted by atomic mass is 32.1. The molecule has 2 aliphatic rings. The molecule has 3 aromatic rings. The van der Waals surface area contributed by atoms with E-state index in [0.29, 0.717) is 42.0 Å². The molecule has 0 saturated carbocycles. The summed E-state index contributed by atoms with van der Waals surface area (Å²) in [7, 11) is 4.18. The molecule has 3 heterocycles. The molecule has 4 atom stereocenters. The molecule has 0 radical (unpaired) electrons. The number of nitrogens with two attached hydrogens (primary N) is 1. The Morgan fingerprint density at radius 1 is 1.23 bits per heavy atom. The van der Waals surface area contributed by atoms with E-state index >= 15 is 0 Å². The number of carbonyl (C=O) groups is 2. The molecular weight excluding hydrogens is 617 g/mol. The van der Waals surface area contributed by atoms with Crippen LogP contribution < -0.4 is 15.8 Å². The highest BCUT2D eigenvalue weighted by molar-refractivity contribution is 8.22. The average molecular weight is 660 g/mol. The summed E-state index contributed by atoms with van der Waals surface area (Å²) >= 11 is 0. The predicted molar refractivity (Wildman–Crippen MR) is 181 cm³/mol. The van der Waals surface area contributed by atoms with Crippen LogP contribution >= 0.6 is 24.5 Å². The molecular formula is C31H42N4O6P3+. The number of hydrogen-bond donors (Lipinski definition) is 1. The summed E-state index contributed by atoms with van der Waals surface area (Å²) < 4.78 is 20.3. The van der Waals surface area contributed by atoms with Crippen molar-refractivity contribution in [1.82, 2.24) is 14.5 Å². The number of rotatable bonds is 11. The summed E-state index contributed by atoms with van der Waals surface area (Å²) in [4.78, 5) is 46.7. The highest BCUT2D eigenvalue weighted by Crippen LogP contribution is 2.71. The van der Waals surface area contributed by atoms with Crippen molar-refractivity contribution >= 4 is 47.1 Å². The van der Waals surface area contributed by atoms with Gasteiger partial charge in [-0.2, -0.15) is 4.31 Å². The van der Waals surface area contributed by atoms with E-state index in [1.807, 2.05) is 39.0 Å². The van der Waals surface area contributed by atoms with Crippen molar-refractivity contribution in [3.8, 4) is 17.1 Å². The number of ketones is 1. The van der Waals surface area contributed by atoms with Crippen LogP contribution in [0.25, 0.3) is 22.3 Å². The first kappa shape index (κ1) is 33.1. The van der Waals surface area contributed by atoms with Crippen molar-refractivity contribution in [3.05, 3.63) is 56.9 Å². The van der Waals surface area contributed by atoms with Crippen molar-refractivity contribution in [2.75, 3.05) is 40.1 Å². The summed E-state index contributed by atoms with van der Waals surface area (Å²) in [5.74, 6) is -0.137.